The van der Waals surface area contributed by atoms with Crippen molar-refractivity contribution in [1.82, 2.24) is 4.90 Å². The molecule has 0 unspecified atom stereocenters. The predicted octanol–water partition coefficient (Wildman–Crippen LogP) is 11.3. The van der Waals surface area contributed by atoms with Gasteiger partial charge in [0.25, 0.3) is 0 Å². The van der Waals surface area contributed by atoms with Crippen LogP contribution in [0.5, 0.6) is 0 Å². The lowest BCUT2D eigenvalue weighted by Gasteiger charge is -2.08. The third-order valence-corrected chi connectivity index (χ3v) is 8.16. The van der Waals surface area contributed by atoms with Crippen LogP contribution < -0.4 is 0 Å². The molecule has 0 saturated heterocycles. The summed E-state index contributed by atoms with van der Waals surface area (Å²) in [5.41, 5.74) is 0. The maximum absolute atomic E-state index is 10.6. The van der Waals surface area contributed by atoms with Gasteiger partial charge >= 0.3 is 7.60 Å². The second-order valence-electron chi connectivity index (χ2n) is 11.7. The molecule has 0 spiro atoms. The Morgan fingerprint density at radius 1 is 0.447 bits per heavy atom. The standard InChI is InChI=1S/C20H43N.C12H27O3P.ClH/c1-4-5-6-7-8-9-10-11-12-13-14-15-16-17-18-19-20-21(2)3;1-2-3-4-5-6-7-8-9-10-11-12-16(13,14)15;/h4-20H2,1-3H3;2-12H2,1H3,(H2,13,14,15);1H. The largest absolute Gasteiger partial charge is 0.325 e. The fourth-order valence-corrected chi connectivity index (χ4v) is 5.42. The van der Waals surface area contributed by atoms with Crippen LogP contribution in [0.1, 0.15) is 181 Å². The summed E-state index contributed by atoms with van der Waals surface area (Å²) in [6.45, 7) is 5.78. The molecule has 0 fully saturated rings. The van der Waals surface area contributed by atoms with Crippen LogP contribution in [-0.2, 0) is 4.57 Å². The Balaban J connectivity index is -0.000000650. The van der Waals surface area contributed by atoms with E-state index in [1.165, 1.54) is 154 Å². The summed E-state index contributed by atoms with van der Waals surface area (Å²) in [6.07, 6.45) is 35.3. The third kappa shape index (κ3) is 46.3. The molecule has 234 valence electrons. The Morgan fingerprint density at radius 2 is 0.684 bits per heavy atom. The molecule has 0 aliphatic carbocycles. The molecular weight excluding hydrogens is 513 g/mol. The van der Waals surface area contributed by atoms with Crippen LogP contribution in [-0.4, -0.2) is 41.5 Å². The van der Waals surface area contributed by atoms with Gasteiger partial charge in [-0.1, -0.05) is 168 Å². The lowest BCUT2D eigenvalue weighted by molar-refractivity contribution is 0.370. The zero-order valence-corrected chi connectivity index (χ0v) is 28.1. The van der Waals surface area contributed by atoms with Crippen molar-refractivity contribution in [3.63, 3.8) is 0 Å². The summed E-state index contributed by atoms with van der Waals surface area (Å²) in [7, 11) is 0.604. The van der Waals surface area contributed by atoms with Crippen molar-refractivity contribution >= 4 is 20.0 Å². The van der Waals surface area contributed by atoms with Crippen molar-refractivity contribution in [2.75, 3.05) is 26.8 Å². The van der Waals surface area contributed by atoms with Crippen LogP contribution in [0.25, 0.3) is 0 Å². The van der Waals surface area contributed by atoms with Gasteiger partial charge in [-0.3, -0.25) is 4.57 Å². The van der Waals surface area contributed by atoms with Gasteiger partial charge in [0.1, 0.15) is 0 Å². The van der Waals surface area contributed by atoms with E-state index in [-0.39, 0.29) is 18.6 Å². The highest BCUT2D eigenvalue weighted by Gasteiger charge is 2.10. The fraction of sp³-hybridized carbons (Fsp3) is 1.00. The van der Waals surface area contributed by atoms with Crippen molar-refractivity contribution in [1.29, 1.82) is 0 Å². The quantitative estimate of drug-likeness (QED) is 0.0710. The highest BCUT2D eigenvalue weighted by molar-refractivity contribution is 7.51. The highest BCUT2D eigenvalue weighted by Crippen LogP contribution is 2.35. The average molecular weight is 584 g/mol. The normalized spacial score (nSPS) is 11.3. The second-order valence-corrected chi connectivity index (χ2v) is 13.5. The molecule has 38 heavy (non-hydrogen) atoms. The van der Waals surface area contributed by atoms with Crippen molar-refractivity contribution in [2.24, 2.45) is 0 Å². The van der Waals surface area contributed by atoms with Gasteiger partial charge in [-0.2, -0.15) is 0 Å². The molecule has 2 N–H and O–H groups in total. The molecule has 0 aromatic carbocycles. The second kappa shape index (κ2) is 35.4. The minimum atomic E-state index is -3.74. The average Bonchev–Trinajstić information content (AvgIpc) is 2.84. The van der Waals surface area contributed by atoms with Crippen molar-refractivity contribution in [2.45, 2.75) is 181 Å². The minimum absolute atomic E-state index is 0. The van der Waals surface area contributed by atoms with Gasteiger partial charge in [-0.15, -0.1) is 12.4 Å². The molecule has 0 atom stereocenters. The summed E-state index contributed by atoms with van der Waals surface area (Å²) < 4.78 is 10.6. The number of unbranched alkanes of at least 4 members (excludes halogenated alkanes) is 24. The van der Waals surface area contributed by atoms with Gasteiger partial charge in [0.15, 0.2) is 0 Å². The van der Waals surface area contributed by atoms with E-state index in [0.29, 0.717) is 6.42 Å². The molecule has 0 bridgehead atoms. The van der Waals surface area contributed by atoms with E-state index < -0.39 is 7.60 Å². The smallest absolute Gasteiger partial charge is 0.324 e. The van der Waals surface area contributed by atoms with Crippen LogP contribution in [0.4, 0.5) is 0 Å². The molecule has 0 aliphatic heterocycles. The Hall–Kier alpha value is 0.400. The van der Waals surface area contributed by atoms with Crippen molar-refractivity contribution in [3.8, 4) is 0 Å². The summed E-state index contributed by atoms with van der Waals surface area (Å²) >= 11 is 0. The summed E-state index contributed by atoms with van der Waals surface area (Å²) in [6, 6.07) is 0. The van der Waals surface area contributed by atoms with E-state index in [0.717, 1.165) is 12.8 Å². The highest BCUT2D eigenvalue weighted by atomic mass is 35.5. The number of rotatable bonds is 28. The van der Waals surface area contributed by atoms with Crippen molar-refractivity contribution < 1.29 is 14.4 Å². The lowest BCUT2D eigenvalue weighted by Crippen LogP contribution is -2.12. The SMILES string of the molecule is CCCCCCCCCCCCCCCCCCN(C)C.CCCCCCCCCCCCP(=O)(O)O.Cl. The number of hydrogen-bond donors (Lipinski definition) is 2. The van der Waals surface area contributed by atoms with Gasteiger partial charge < -0.3 is 14.7 Å². The van der Waals surface area contributed by atoms with E-state index in [2.05, 4.69) is 32.8 Å². The Kier molecular flexibility index (Phi) is 40.0. The third-order valence-electron chi connectivity index (χ3n) is 7.26. The van der Waals surface area contributed by atoms with Crippen molar-refractivity contribution in [3.05, 3.63) is 0 Å². The minimum Gasteiger partial charge on any atom is -0.324 e. The van der Waals surface area contributed by atoms with Crippen LogP contribution in [0, 0.1) is 0 Å². The van der Waals surface area contributed by atoms with Gasteiger partial charge in [0, 0.05) is 6.16 Å². The molecule has 4 nitrogen and oxygen atoms in total. The van der Waals surface area contributed by atoms with Crippen LogP contribution in [0.3, 0.4) is 0 Å². The molecule has 0 saturated carbocycles. The number of hydrogen-bond acceptors (Lipinski definition) is 2. The zero-order valence-electron chi connectivity index (χ0n) is 26.4. The number of nitrogens with zero attached hydrogens (tertiary/aromatic N) is 1. The maximum atomic E-state index is 10.6. The Bertz CT molecular complexity index is 460. The van der Waals surface area contributed by atoms with Gasteiger partial charge in [-0.05, 0) is 33.5 Å². The first-order valence-electron chi connectivity index (χ1n) is 16.5. The monoisotopic (exact) mass is 583 g/mol. The van der Waals surface area contributed by atoms with Gasteiger partial charge in [0.2, 0.25) is 0 Å². The summed E-state index contributed by atoms with van der Waals surface area (Å²) in [4.78, 5) is 19.6. The van der Waals surface area contributed by atoms with E-state index in [9.17, 15) is 4.57 Å². The van der Waals surface area contributed by atoms with E-state index >= 15 is 0 Å². The predicted molar refractivity (Wildman–Crippen MR) is 174 cm³/mol. The van der Waals surface area contributed by atoms with Crippen LogP contribution in [0.2, 0.25) is 0 Å². The lowest BCUT2D eigenvalue weighted by atomic mass is 10.0. The van der Waals surface area contributed by atoms with E-state index in [1.807, 2.05) is 0 Å². The maximum Gasteiger partial charge on any atom is 0.325 e. The molecule has 0 radical (unpaired) electrons. The van der Waals surface area contributed by atoms with E-state index in [4.69, 9.17) is 9.79 Å². The molecule has 0 aromatic heterocycles. The summed E-state index contributed by atoms with van der Waals surface area (Å²) in [5, 5.41) is 0. The number of halogens is 1. The first-order chi connectivity index (χ1) is 17.8. The first-order valence-corrected chi connectivity index (χ1v) is 18.3. The Labute approximate surface area is 246 Å². The van der Waals surface area contributed by atoms with Crippen LogP contribution >= 0.6 is 20.0 Å². The first kappa shape index (κ1) is 42.9. The zero-order chi connectivity index (χ0) is 27.9. The van der Waals surface area contributed by atoms with Crippen LogP contribution in [0.15, 0.2) is 0 Å². The van der Waals surface area contributed by atoms with Gasteiger partial charge in [-0.25, -0.2) is 0 Å². The molecule has 0 amide bonds. The topological polar surface area (TPSA) is 60.8 Å². The molecular formula is C32H71ClNO3P. The Morgan fingerprint density at radius 3 is 0.921 bits per heavy atom. The molecule has 0 rings (SSSR count). The van der Waals surface area contributed by atoms with E-state index in [1.54, 1.807) is 0 Å². The molecule has 6 heteroatoms. The fourth-order valence-electron chi connectivity index (χ4n) is 4.78. The van der Waals surface area contributed by atoms with Gasteiger partial charge in [0.05, 0.1) is 0 Å². The molecule has 0 aromatic rings. The molecule has 0 aliphatic rings. The molecule has 0 heterocycles. The summed E-state index contributed by atoms with van der Waals surface area (Å²) in [5.74, 6) is 0.